The van der Waals surface area contributed by atoms with E-state index < -0.39 is 6.10 Å². The standard InChI is InChI=1S/C17H20N8O2/c1-24(13(26)5-2-10-6-19-7-20-10)11-3-4-12(15(11)27)25-9-23-14-16(18)21-8-22-17(14)25/h2,5-9,11-12,15,27H,3-4H2,1H3,(H,19,20)(H2,18,21,22)/b5-2+/t11-,12+,15+/m1/s1. The van der Waals surface area contributed by atoms with Crippen molar-refractivity contribution in [3.8, 4) is 0 Å². The molecule has 3 atom stereocenters. The summed E-state index contributed by atoms with van der Waals surface area (Å²) in [6, 6.07) is -0.535. The lowest BCUT2D eigenvalue weighted by molar-refractivity contribution is -0.128. The van der Waals surface area contributed by atoms with Crippen LogP contribution in [0.5, 0.6) is 0 Å². The number of aromatic nitrogens is 6. The van der Waals surface area contributed by atoms with Crippen LogP contribution < -0.4 is 5.73 Å². The average molecular weight is 368 g/mol. The molecular formula is C17H20N8O2. The number of likely N-dealkylation sites (N-methyl/N-ethyl adjacent to an activating group) is 1. The summed E-state index contributed by atoms with van der Waals surface area (Å²) in [7, 11) is 1.70. The Bertz CT molecular complexity index is 980. The molecule has 1 amide bonds. The monoisotopic (exact) mass is 368 g/mol. The Labute approximate surface area is 154 Å². The van der Waals surface area contributed by atoms with Gasteiger partial charge in [0.1, 0.15) is 11.8 Å². The summed E-state index contributed by atoms with van der Waals surface area (Å²) in [5, 5.41) is 10.9. The van der Waals surface area contributed by atoms with E-state index in [1.165, 1.54) is 12.4 Å². The minimum Gasteiger partial charge on any atom is -0.389 e. The predicted molar refractivity (Wildman–Crippen MR) is 98.2 cm³/mol. The molecule has 0 saturated heterocycles. The van der Waals surface area contributed by atoms with Gasteiger partial charge in [0.05, 0.1) is 42.7 Å². The first-order valence-corrected chi connectivity index (χ1v) is 8.60. The molecular weight excluding hydrogens is 348 g/mol. The fraction of sp³-hybridized carbons (Fsp3) is 0.353. The summed E-state index contributed by atoms with van der Waals surface area (Å²) in [4.78, 5) is 33.3. The number of H-pyrrole nitrogens is 1. The van der Waals surface area contributed by atoms with Crippen molar-refractivity contribution in [1.29, 1.82) is 0 Å². The second-order valence-electron chi connectivity index (χ2n) is 6.58. The Morgan fingerprint density at radius 1 is 1.41 bits per heavy atom. The molecule has 0 aliphatic heterocycles. The van der Waals surface area contributed by atoms with Gasteiger partial charge in [0, 0.05) is 13.1 Å². The number of carbonyl (C=O) groups excluding carboxylic acids is 1. The van der Waals surface area contributed by atoms with Crippen molar-refractivity contribution in [3.63, 3.8) is 0 Å². The van der Waals surface area contributed by atoms with E-state index in [1.807, 2.05) is 4.57 Å². The van der Waals surface area contributed by atoms with Crippen molar-refractivity contribution in [2.45, 2.75) is 31.0 Å². The third-order valence-electron chi connectivity index (χ3n) is 5.06. The van der Waals surface area contributed by atoms with E-state index in [9.17, 15) is 9.90 Å². The van der Waals surface area contributed by atoms with Crippen molar-refractivity contribution < 1.29 is 9.90 Å². The van der Waals surface area contributed by atoms with Crippen molar-refractivity contribution in [2.75, 3.05) is 12.8 Å². The number of nitrogens with zero attached hydrogens (tertiary/aromatic N) is 6. The molecule has 27 heavy (non-hydrogen) atoms. The summed E-state index contributed by atoms with van der Waals surface area (Å²) in [5.41, 5.74) is 7.67. The van der Waals surface area contributed by atoms with Crippen LogP contribution in [0.4, 0.5) is 5.82 Å². The summed E-state index contributed by atoms with van der Waals surface area (Å²) in [6.45, 7) is 0. The van der Waals surface area contributed by atoms with Crippen molar-refractivity contribution in [2.24, 2.45) is 0 Å². The van der Waals surface area contributed by atoms with Gasteiger partial charge in [-0.3, -0.25) is 4.79 Å². The van der Waals surface area contributed by atoms with Crippen LogP contribution in [0.2, 0.25) is 0 Å². The molecule has 0 unspecified atom stereocenters. The quantitative estimate of drug-likeness (QED) is 0.565. The lowest BCUT2D eigenvalue weighted by atomic mass is 10.1. The summed E-state index contributed by atoms with van der Waals surface area (Å²) < 4.78 is 1.82. The minimum atomic E-state index is -0.743. The van der Waals surface area contributed by atoms with Crippen molar-refractivity contribution in [1.82, 2.24) is 34.4 Å². The molecule has 10 nitrogen and oxygen atoms in total. The number of aliphatic hydroxyl groups excluding tert-OH is 1. The van der Waals surface area contributed by atoms with Crippen LogP contribution in [0.25, 0.3) is 17.2 Å². The largest absolute Gasteiger partial charge is 0.389 e. The Kier molecular flexibility index (Phi) is 4.32. The van der Waals surface area contributed by atoms with Crippen LogP contribution in [0.1, 0.15) is 24.6 Å². The Balaban J connectivity index is 1.51. The molecule has 0 bridgehead atoms. The van der Waals surface area contributed by atoms with Gasteiger partial charge in [0.15, 0.2) is 11.5 Å². The molecule has 3 aromatic heterocycles. The van der Waals surface area contributed by atoms with Crippen molar-refractivity contribution >= 4 is 29.0 Å². The van der Waals surface area contributed by atoms with Gasteiger partial charge >= 0.3 is 0 Å². The zero-order valence-electron chi connectivity index (χ0n) is 14.7. The molecule has 0 spiro atoms. The fourth-order valence-corrected chi connectivity index (χ4v) is 3.58. The van der Waals surface area contributed by atoms with Gasteiger partial charge in [-0.1, -0.05) is 0 Å². The highest BCUT2D eigenvalue weighted by atomic mass is 16.3. The molecule has 10 heteroatoms. The zero-order chi connectivity index (χ0) is 19.0. The fourth-order valence-electron chi connectivity index (χ4n) is 3.58. The first-order valence-electron chi connectivity index (χ1n) is 8.60. The molecule has 4 rings (SSSR count). The van der Waals surface area contributed by atoms with E-state index >= 15 is 0 Å². The third kappa shape index (κ3) is 3.04. The maximum atomic E-state index is 12.5. The van der Waals surface area contributed by atoms with Crippen LogP contribution >= 0.6 is 0 Å². The van der Waals surface area contributed by atoms with Gasteiger partial charge in [-0.25, -0.2) is 19.9 Å². The molecule has 1 aliphatic rings. The van der Waals surface area contributed by atoms with Crippen LogP contribution in [0.3, 0.4) is 0 Å². The van der Waals surface area contributed by atoms with Gasteiger partial charge < -0.3 is 25.3 Å². The number of fused-ring (bicyclic) bond motifs is 1. The number of nitrogens with one attached hydrogen (secondary N) is 1. The first kappa shape index (κ1) is 17.2. The summed E-state index contributed by atoms with van der Waals surface area (Å²) in [5.74, 6) is 0.121. The highest BCUT2D eigenvalue weighted by Crippen LogP contribution is 2.35. The molecule has 140 valence electrons. The van der Waals surface area contributed by atoms with Crippen LogP contribution in [0, 0.1) is 0 Å². The zero-order valence-corrected chi connectivity index (χ0v) is 14.7. The molecule has 1 saturated carbocycles. The van der Waals surface area contributed by atoms with Crippen LogP contribution in [-0.2, 0) is 4.79 Å². The summed E-state index contributed by atoms with van der Waals surface area (Å²) >= 11 is 0. The molecule has 3 heterocycles. The number of aliphatic hydroxyl groups is 1. The van der Waals surface area contributed by atoms with E-state index in [4.69, 9.17) is 5.73 Å². The minimum absolute atomic E-state index is 0.184. The summed E-state index contributed by atoms with van der Waals surface area (Å²) in [6.07, 6.45) is 9.92. The number of hydrogen-bond donors (Lipinski definition) is 3. The third-order valence-corrected chi connectivity index (χ3v) is 5.06. The highest BCUT2D eigenvalue weighted by Gasteiger charge is 2.40. The number of amides is 1. The first-order chi connectivity index (χ1) is 13.1. The van der Waals surface area contributed by atoms with E-state index in [0.717, 1.165) is 5.69 Å². The number of nitrogens with two attached hydrogens (primary N) is 1. The Morgan fingerprint density at radius 3 is 3.04 bits per heavy atom. The second kappa shape index (κ2) is 6.80. The normalized spacial score (nSPS) is 22.7. The number of aromatic amines is 1. The molecule has 0 aromatic carbocycles. The number of nitrogen functional groups attached to an aromatic ring is 1. The van der Waals surface area contributed by atoms with Crippen LogP contribution in [-0.4, -0.2) is 64.6 Å². The van der Waals surface area contributed by atoms with E-state index in [0.29, 0.717) is 29.8 Å². The lowest BCUT2D eigenvalue weighted by Crippen LogP contribution is -2.42. The molecule has 3 aromatic rings. The number of rotatable bonds is 4. The molecule has 1 fully saturated rings. The number of imidazole rings is 2. The van der Waals surface area contributed by atoms with E-state index in [2.05, 4.69) is 24.9 Å². The lowest BCUT2D eigenvalue weighted by Gasteiger charge is -2.28. The molecule has 0 radical (unpaired) electrons. The van der Waals surface area contributed by atoms with Gasteiger partial charge in [-0.05, 0) is 18.9 Å². The van der Waals surface area contributed by atoms with Gasteiger partial charge in [0.25, 0.3) is 0 Å². The van der Waals surface area contributed by atoms with Crippen molar-refractivity contribution in [3.05, 3.63) is 36.9 Å². The Hall–Kier alpha value is -3.27. The average Bonchev–Trinajstić information content (AvgIpc) is 3.39. The smallest absolute Gasteiger partial charge is 0.246 e. The Morgan fingerprint density at radius 2 is 2.26 bits per heavy atom. The number of anilines is 1. The topological polar surface area (TPSA) is 139 Å². The van der Waals surface area contributed by atoms with Crippen LogP contribution in [0.15, 0.2) is 31.3 Å². The SMILES string of the molecule is CN(C(=O)/C=C/c1cnc[nH]1)[C@@H]1CC[C@H](n2cnc3c(N)ncnc32)[C@H]1O. The maximum absolute atomic E-state index is 12.5. The number of hydrogen-bond acceptors (Lipinski definition) is 7. The van der Waals surface area contributed by atoms with Gasteiger partial charge in [0.2, 0.25) is 5.91 Å². The van der Waals surface area contributed by atoms with E-state index in [-0.39, 0.29) is 18.0 Å². The predicted octanol–water partition coefficient (Wildman–Crippen LogP) is 0.368. The molecule has 4 N–H and O–H groups in total. The highest BCUT2D eigenvalue weighted by molar-refractivity contribution is 5.91. The molecule has 1 aliphatic carbocycles. The van der Waals surface area contributed by atoms with E-state index in [1.54, 1.807) is 36.9 Å². The van der Waals surface area contributed by atoms with Gasteiger partial charge in [-0.15, -0.1) is 0 Å². The number of carbonyl (C=O) groups is 1. The maximum Gasteiger partial charge on any atom is 0.246 e. The second-order valence-corrected chi connectivity index (χ2v) is 6.58. The van der Waals surface area contributed by atoms with Gasteiger partial charge in [-0.2, -0.15) is 0 Å².